The molecule has 1 aromatic heterocycles. The molecule has 0 spiro atoms. The van der Waals surface area contributed by atoms with Crippen molar-refractivity contribution in [3.05, 3.63) is 5.82 Å². The van der Waals surface area contributed by atoms with Crippen LogP contribution in [0, 0.1) is 5.92 Å². The highest BCUT2D eigenvalue weighted by molar-refractivity contribution is 5.68. The number of aryl methyl sites for hydroxylation is 1. The summed E-state index contributed by atoms with van der Waals surface area (Å²) in [6.45, 7) is 6.62. The standard InChI is InChI=1S/C13H23N5O3/c1-13(2,3)21-12(20)18-6-5-9(8-18)10(19)7-11-14-16-17(4)15-11/h9-10,19H,5-8H2,1-4H3. The molecule has 21 heavy (non-hydrogen) atoms. The maximum atomic E-state index is 12.0. The molecule has 0 aromatic carbocycles. The van der Waals surface area contributed by atoms with Crippen LogP contribution in [0.25, 0.3) is 0 Å². The molecule has 118 valence electrons. The molecule has 8 nitrogen and oxygen atoms in total. The van der Waals surface area contributed by atoms with Crippen LogP contribution in [0.4, 0.5) is 4.79 Å². The smallest absolute Gasteiger partial charge is 0.410 e. The van der Waals surface area contributed by atoms with Crippen LogP contribution in [0.3, 0.4) is 0 Å². The fourth-order valence-corrected chi connectivity index (χ4v) is 2.35. The Morgan fingerprint density at radius 1 is 1.52 bits per heavy atom. The van der Waals surface area contributed by atoms with Gasteiger partial charge in [0.15, 0.2) is 5.82 Å². The van der Waals surface area contributed by atoms with Crippen LogP contribution in [-0.4, -0.2) is 61.1 Å². The normalized spacial score (nSPS) is 20.6. The van der Waals surface area contributed by atoms with Crippen LogP contribution in [0.1, 0.15) is 33.0 Å². The van der Waals surface area contributed by atoms with E-state index >= 15 is 0 Å². The van der Waals surface area contributed by atoms with Gasteiger partial charge in [0, 0.05) is 25.4 Å². The van der Waals surface area contributed by atoms with E-state index in [4.69, 9.17) is 4.74 Å². The van der Waals surface area contributed by atoms with E-state index in [9.17, 15) is 9.90 Å². The highest BCUT2D eigenvalue weighted by Crippen LogP contribution is 2.23. The van der Waals surface area contributed by atoms with Crippen molar-refractivity contribution in [1.29, 1.82) is 0 Å². The Labute approximate surface area is 124 Å². The first-order chi connectivity index (χ1) is 9.74. The van der Waals surface area contributed by atoms with E-state index < -0.39 is 11.7 Å². The van der Waals surface area contributed by atoms with Gasteiger partial charge in [-0.05, 0) is 32.4 Å². The fraction of sp³-hybridized carbons (Fsp3) is 0.846. The summed E-state index contributed by atoms with van der Waals surface area (Å²) in [4.78, 5) is 15.0. The number of hydrogen-bond acceptors (Lipinski definition) is 6. The molecule has 0 saturated carbocycles. The summed E-state index contributed by atoms with van der Waals surface area (Å²) in [6.07, 6.45) is 0.192. The summed E-state index contributed by atoms with van der Waals surface area (Å²) < 4.78 is 5.34. The predicted molar refractivity (Wildman–Crippen MR) is 74.4 cm³/mol. The van der Waals surface area contributed by atoms with Crippen molar-refractivity contribution in [2.24, 2.45) is 13.0 Å². The van der Waals surface area contributed by atoms with Gasteiger partial charge in [-0.3, -0.25) is 0 Å². The number of rotatable bonds is 3. The lowest BCUT2D eigenvalue weighted by Crippen LogP contribution is -2.36. The van der Waals surface area contributed by atoms with E-state index in [-0.39, 0.29) is 12.0 Å². The molecule has 1 aliphatic heterocycles. The van der Waals surface area contributed by atoms with Crippen molar-refractivity contribution < 1.29 is 14.6 Å². The molecule has 0 aliphatic carbocycles. The molecule has 0 radical (unpaired) electrons. The first-order valence-electron chi connectivity index (χ1n) is 7.13. The van der Waals surface area contributed by atoms with Crippen molar-refractivity contribution in [3.63, 3.8) is 0 Å². The average molecular weight is 297 g/mol. The minimum absolute atomic E-state index is 0.0151. The molecule has 1 aromatic rings. The first kappa shape index (κ1) is 15.7. The van der Waals surface area contributed by atoms with Gasteiger partial charge in [-0.25, -0.2) is 4.79 Å². The Bertz CT molecular complexity index is 496. The molecule has 1 saturated heterocycles. The van der Waals surface area contributed by atoms with E-state index in [1.165, 1.54) is 4.80 Å². The van der Waals surface area contributed by atoms with Gasteiger partial charge in [0.25, 0.3) is 0 Å². The highest BCUT2D eigenvalue weighted by atomic mass is 16.6. The molecule has 1 N–H and O–H groups in total. The van der Waals surface area contributed by atoms with E-state index in [0.29, 0.717) is 25.3 Å². The van der Waals surface area contributed by atoms with E-state index in [2.05, 4.69) is 15.4 Å². The number of carbonyl (C=O) groups is 1. The molecular weight excluding hydrogens is 274 g/mol. The number of aliphatic hydroxyl groups excluding tert-OH is 1. The Hall–Kier alpha value is -1.70. The second-order valence-corrected chi connectivity index (χ2v) is 6.44. The number of ether oxygens (including phenoxy) is 1. The van der Waals surface area contributed by atoms with Gasteiger partial charge in [-0.2, -0.15) is 4.80 Å². The molecule has 2 atom stereocenters. The summed E-state index contributed by atoms with van der Waals surface area (Å²) in [5.74, 6) is 0.530. The minimum Gasteiger partial charge on any atom is -0.444 e. The maximum absolute atomic E-state index is 12.0. The number of tetrazole rings is 1. The third-order valence-electron chi connectivity index (χ3n) is 3.36. The largest absolute Gasteiger partial charge is 0.444 e. The lowest BCUT2D eigenvalue weighted by Gasteiger charge is -2.24. The molecule has 8 heteroatoms. The van der Waals surface area contributed by atoms with Crippen molar-refractivity contribution in [2.75, 3.05) is 13.1 Å². The van der Waals surface area contributed by atoms with E-state index in [0.717, 1.165) is 6.42 Å². The summed E-state index contributed by atoms with van der Waals surface area (Å²) in [5, 5.41) is 21.9. The Morgan fingerprint density at radius 3 is 2.81 bits per heavy atom. The number of nitrogens with zero attached hydrogens (tertiary/aromatic N) is 5. The van der Waals surface area contributed by atoms with E-state index in [1.807, 2.05) is 20.8 Å². The van der Waals surface area contributed by atoms with Gasteiger partial charge in [0.2, 0.25) is 0 Å². The number of amides is 1. The van der Waals surface area contributed by atoms with Crippen LogP contribution in [0.2, 0.25) is 0 Å². The fourth-order valence-electron chi connectivity index (χ4n) is 2.35. The molecule has 2 rings (SSSR count). The van der Waals surface area contributed by atoms with Crippen molar-refractivity contribution in [3.8, 4) is 0 Å². The zero-order chi connectivity index (χ0) is 15.6. The third kappa shape index (κ3) is 4.38. The third-order valence-corrected chi connectivity index (χ3v) is 3.36. The van der Waals surface area contributed by atoms with Gasteiger partial charge in [0.1, 0.15) is 5.60 Å². The average Bonchev–Trinajstić information content (AvgIpc) is 2.96. The molecule has 2 unspecified atom stereocenters. The topological polar surface area (TPSA) is 93.4 Å². The lowest BCUT2D eigenvalue weighted by atomic mass is 9.99. The molecular formula is C13H23N5O3. The van der Waals surface area contributed by atoms with Crippen molar-refractivity contribution in [1.82, 2.24) is 25.1 Å². The quantitative estimate of drug-likeness (QED) is 0.866. The SMILES string of the molecule is Cn1nnc(CC(O)C2CCN(C(=O)OC(C)(C)C)C2)n1. The van der Waals surface area contributed by atoms with E-state index in [1.54, 1.807) is 11.9 Å². The Balaban J connectivity index is 1.85. The van der Waals surface area contributed by atoms with Crippen molar-refractivity contribution in [2.45, 2.75) is 45.3 Å². The molecule has 0 bridgehead atoms. The lowest BCUT2D eigenvalue weighted by molar-refractivity contribution is 0.0268. The molecule has 1 amide bonds. The predicted octanol–water partition coefficient (Wildman–Crippen LogP) is 0.370. The number of aliphatic hydroxyl groups is 1. The molecule has 1 fully saturated rings. The van der Waals surface area contributed by atoms with Crippen LogP contribution in [0.5, 0.6) is 0 Å². The van der Waals surface area contributed by atoms with Crippen LogP contribution in [-0.2, 0) is 18.2 Å². The number of carbonyl (C=O) groups excluding carboxylic acids is 1. The van der Waals surface area contributed by atoms with Gasteiger partial charge >= 0.3 is 6.09 Å². The van der Waals surface area contributed by atoms with Gasteiger partial charge in [-0.15, -0.1) is 10.2 Å². The summed E-state index contributed by atoms with van der Waals surface area (Å²) in [7, 11) is 1.68. The molecule has 1 aliphatic rings. The number of hydrogen-bond donors (Lipinski definition) is 1. The van der Waals surface area contributed by atoms with Crippen molar-refractivity contribution >= 4 is 6.09 Å². The first-order valence-corrected chi connectivity index (χ1v) is 7.13. The Kier molecular flexibility index (Phi) is 4.46. The summed E-state index contributed by atoms with van der Waals surface area (Å²) in [6, 6.07) is 0. The van der Waals surface area contributed by atoms with Gasteiger partial charge < -0.3 is 14.7 Å². The summed E-state index contributed by atoms with van der Waals surface area (Å²) in [5.41, 5.74) is -0.503. The summed E-state index contributed by atoms with van der Waals surface area (Å²) >= 11 is 0. The van der Waals surface area contributed by atoms with Crippen LogP contribution >= 0.6 is 0 Å². The maximum Gasteiger partial charge on any atom is 0.410 e. The highest BCUT2D eigenvalue weighted by Gasteiger charge is 2.33. The minimum atomic E-state index is -0.582. The molecule has 2 heterocycles. The van der Waals surface area contributed by atoms with Crippen LogP contribution < -0.4 is 0 Å². The zero-order valence-corrected chi connectivity index (χ0v) is 13.0. The Morgan fingerprint density at radius 2 is 2.24 bits per heavy atom. The number of aromatic nitrogens is 4. The zero-order valence-electron chi connectivity index (χ0n) is 13.0. The van der Waals surface area contributed by atoms with Crippen LogP contribution in [0.15, 0.2) is 0 Å². The monoisotopic (exact) mass is 297 g/mol. The second kappa shape index (κ2) is 5.97. The van der Waals surface area contributed by atoms with Gasteiger partial charge in [-0.1, -0.05) is 0 Å². The van der Waals surface area contributed by atoms with Gasteiger partial charge in [0.05, 0.1) is 13.2 Å². The number of likely N-dealkylation sites (tertiary alicyclic amines) is 1. The second-order valence-electron chi connectivity index (χ2n) is 6.44.